The Labute approximate surface area is 122 Å². The number of aliphatic hydroxyl groups is 2. The molecule has 0 aliphatic carbocycles. The van der Waals surface area contributed by atoms with Crippen molar-refractivity contribution in [2.45, 2.75) is 18.9 Å². The monoisotopic (exact) mass is 296 g/mol. The average Bonchev–Trinajstić information content (AvgIpc) is 2.97. The number of carbonyl (C=O) groups excluding carboxylic acids is 1. The van der Waals surface area contributed by atoms with Gasteiger partial charge in [-0.3, -0.25) is 4.79 Å². The Kier molecular flexibility index (Phi) is 3.58. The van der Waals surface area contributed by atoms with Gasteiger partial charge >= 0.3 is 0 Å². The van der Waals surface area contributed by atoms with E-state index in [2.05, 4.69) is 10.2 Å². The van der Waals surface area contributed by atoms with E-state index >= 15 is 0 Å². The number of amides is 1. The molecule has 108 valence electrons. The van der Waals surface area contributed by atoms with Gasteiger partial charge in [-0.2, -0.15) is 0 Å². The third-order valence-electron chi connectivity index (χ3n) is 4.08. The van der Waals surface area contributed by atoms with Gasteiger partial charge in [0.1, 0.15) is 0 Å². The lowest BCUT2D eigenvalue weighted by molar-refractivity contribution is -0.123. The molecule has 2 heterocycles. The van der Waals surface area contributed by atoms with Crippen LogP contribution in [0.5, 0.6) is 0 Å². The Bertz CT molecular complexity index is 549. The minimum absolute atomic E-state index is 0.207. The molecule has 0 saturated carbocycles. The fourth-order valence-electron chi connectivity index (χ4n) is 2.97. The van der Waals surface area contributed by atoms with E-state index < -0.39 is 12.0 Å². The largest absolute Gasteiger partial charge is 0.396 e. The molecule has 1 fully saturated rings. The maximum absolute atomic E-state index is 11.5. The maximum atomic E-state index is 11.5. The number of anilines is 2. The number of fused-ring (bicyclic) bond motifs is 1. The van der Waals surface area contributed by atoms with Crippen LogP contribution in [0.2, 0.25) is 5.02 Å². The molecule has 20 heavy (non-hydrogen) atoms. The molecule has 3 N–H and O–H groups in total. The van der Waals surface area contributed by atoms with Crippen LogP contribution in [0, 0.1) is 5.92 Å². The van der Waals surface area contributed by atoms with Crippen molar-refractivity contribution in [1.82, 2.24) is 0 Å². The zero-order valence-corrected chi connectivity index (χ0v) is 11.7. The van der Waals surface area contributed by atoms with Gasteiger partial charge in [0.25, 0.3) is 5.91 Å². The van der Waals surface area contributed by atoms with Gasteiger partial charge in [0.2, 0.25) is 0 Å². The fraction of sp³-hybridized carbons (Fsp3) is 0.500. The zero-order chi connectivity index (χ0) is 14.3. The average molecular weight is 297 g/mol. The smallest absolute Gasteiger partial charge is 0.257 e. The lowest BCUT2D eigenvalue weighted by Crippen LogP contribution is -2.20. The molecule has 1 aromatic carbocycles. The maximum Gasteiger partial charge on any atom is 0.257 e. The first kappa shape index (κ1) is 13.7. The molecule has 0 aromatic heterocycles. The second-order valence-corrected chi connectivity index (χ2v) is 5.80. The van der Waals surface area contributed by atoms with Gasteiger partial charge in [-0.1, -0.05) is 11.6 Å². The van der Waals surface area contributed by atoms with E-state index in [1.54, 1.807) is 6.07 Å². The molecule has 0 spiro atoms. The molecule has 0 radical (unpaired) electrons. The van der Waals surface area contributed by atoms with Crippen LogP contribution in [0.1, 0.15) is 24.5 Å². The van der Waals surface area contributed by atoms with Crippen LogP contribution in [-0.2, 0) is 4.79 Å². The molecule has 2 aliphatic rings. The molecule has 1 saturated heterocycles. The lowest BCUT2D eigenvalue weighted by Gasteiger charge is -2.21. The number of benzene rings is 1. The van der Waals surface area contributed by atoms with Crippen molar-refractivity contribution >= 4 is 28.9 Å². The van der Waals surface area contributed by atoms with Crippen LogP contribution >= 0.6 is 11.6 Å². The van der Waals surface area contributed by atoms with Crippen LogP contribution in [0.15, 0.2) is 12.1 Å². The number of hydrogen-bond donors (Lipinski definition) is 3. The summed E-state index contributed by atoms with van der Waals surface area (Å²) in [4.78, 5) is 13.6. The van der Waals surface area contributed by atoms with Gasteiger partial charge in [0.15, 0.2) is 6.10 Å². The summed E-state index contributed by atoms with van der Waals surface area (Å²) in [6.07, 6.45) is 0.703. The Balaban J connectivity index is 1.86. The molecule has 3 rings (SSSR count). The number of nitrogens with zero attached hydrogens (tertiary/aromatic N) is 1. The quantitative estimate of drug-likeness (QED) is 0.791. The van der Waals surface area contributed by atoms with Gasteiger partial charge in [0, 0.05) is 30.9 Å². The first-order valence-electron chi connectivity index (χ1n) is 6.78. The number of halogens is 1. The topological polar surface area (TPSA) is 72.8 Å². The molecular formula is C14H17ClN2O3. The van der Waals surface area contributed by atoms with Crippen LogP contribution in [0.4, 0.5) is 11.4 Å². The SMILES string of the molecule is O=C1Nc2cc(N3CCC(CCO)C3)c(Cl)cc2C1O. The molecule has 1 aromatic rings. The first-order valence-corrected chi connectivity index (χ1v) is 7.16. The van der Waals surface area contributed by atoms with Crippen molar-refractivity contribution < 1.29 is 15.0 Å². The second kappa shape index (κ2) is 5.24. The Hall–Kier alpha value is -1.30. The van der Waals surface area contributed by atoms with Gasteiger partial charge in [0.05, 0.1) is 10.7 Å². The van der Waals surface area contributed by atoms with E-state index in [-0.39, 0.29) is 6.61 Å². The highest BCUT2D eigenvalue weighted by Crippen LogP contribution is 2.40. The molecule has 2 unspecified atom stereocenters. The van der Waals surface area contributed by atoms with Crippen molar-refractivity contribution in [2.24, 2.45) is 5.92 Å². The van der Waals surface area contributed by atoms with E-state index in [4.69, 9.17) is 16.7 Å². The number of aliphatic hydroxyl groups excluding tert-OH is 2. The van der Waals surface area contributed by atoms with Crippen molar-refractivity contribution in [3.05, 3.63) is 22.7 Å². The van der Waals surface area contributed by atoms with Crippen LogP contribution in [0.3, 0.4) is 0 Å². The van der Waals surface area contributed by atoms with Gasteiger partial charge in [-0.05, 0) is 30.9 Å². The standard InChI is InChI=1S/C14H17ClN2O3/c15-10-5-9-11(16-14(20)13(9)19)6-12(10)17-3-1-8(7-17)2-4-18/h5-6,8,13,18-19H,1-4,7H2,(H,16,20). The summed E-state index contributed by atoms with van der Waals surface area (Å²) in [7, 11) is 0. The van der Waals surface area contributed by atoms with Gasteiger partial charge in [-0.25, -0.2) is 0 Å². The number of nitrogens with one attached hydrogen (secondary N) is 1. The van der Waals surface area contributed by atoms with E-state index in [1.807, 2.05) is 6.07 Å². The van der Waals surface area contributed by atoms with E-state index in [9.17, 15) is 9.90 Å². The summed E-state index contributed by atoms with van der Waals surface area (Å²) in [5.41, 5.74) is 2.04. The van der Waals surface area contributed by atoms with Crippen molar-refractivity contribution in [1.29, 1.82) is 0 Å². The van der Waals surface area contributed by atoms with Crippen molar-refractivity contribution in [3.63, 3.8) is 0 Å². The third-order valence-corrected chi connectivity index (χ3v) is 4.39. The summed E-state index contributed by atoms with van der Waals surface area (Å²) in [6, 6.07) is 3.49. The van der Waals surface area contributed by atoms with Gasteiger partial charge < -0.3 is 20.4 Å². The highest BCUT2D eigenvalue weighted by atomic mass is 35.5. The number of rotatable bonds is 3. The van der Waals surface area contributed by atoms with Crippen molar-refractivity contribution in [2.75, 3.05) is 29.9 Å². The van der Waals surface area contributed by atoms with Crippen LogP contribution in [0.25, 0.3) is 0 Å². The highest BCUT2D eigenvalue weighted by molar-refractivity contribution is 6.33. The molecule has 2 aliphatic heterocycles. The normalized spacial score (nSPS) is 24.9. The summed E-state index contributed by atoms with van der Waals surface area (Å²) < 4.78 is 0. The Morgan fingerprint density at radius 2 is 2.25 bits per heavy atom. The zero-order valence-electron chi connectivity index (χ0n) is 11.0. The Morgan fingerprint density at radius 1 is 1.45 bits per heavy atom. The number of hydrogen-bond acceptors (Lipinski definition) is 4. The van der Waals surface area contributed by atoms with Crippen LogP contribution < -0.4 is 10.2 Å². The van der Waals surface area contributed by atoms with Crippen LogP contribution in [-0.4, -0.2) is 35.8 Å². The molecular weight excluding hydrogens is 280 g/mol. The third kappa shape index (κ3) is 2.26. The molecule has 1 amide bonds. The van der Waals surface area contributed by atoms with Crippen molar-refractivity contribution in [3.8, 4) is 0 Å². The predicted molar refractivity (Wildman–Crippen MR) is 77.1 cm³/mol. The minimum Gasteiger partial charge on any atom is -0.396 e. The summed E-state index contributed by atoms with van der Waals surface area (Å²) >= 11 is 6.28. The summed E-state index contributed by atoms with van der Waals surface area (Å²) in [6.45, 7) is 1.95. The van der Waals surface area contributed by atoms with E-state index in [0.29, 0.717) is 22.2 Å². The predicted octanol–water partition coefficient (Wildman–Crippen LogP) is 1.53. The molecule has 0 bridgehead atoms. The first-order chi connectivity index (χ1) is 9.60. The minimum atomic E-state index is -1.13. The fourth-order valence-corrected chi connectivity index (χ4v) is 3.26. The molecule has 5 nitrogen and oxygen atoms in total. The second-order valence-electron chi connectivity index (χ2n) is 5.40. The number of carbonyl (C=O) groups is 1. The van der Waals surface area contributed by atoms with E-state index in [0.717, 1.165) is 31.6 Å². The lowest BCUT2D eigenvalue weighted by atomic mass is 10.1. The highest BCUT2D eigenvalue weighted by Gasteiger charge is 2.31. The molecule has 2 atom stereocenters. The van der Waals surface area contributed by atoms with Gasteiger partial charge in [-0.15, -0.1) is 0 Å². The molecule has 6 heteroatoms. The Morgan fingerprint density at radius 3 is 3.00 bits per heavy atom. The summed E-state index contributed by atoms with van der Waals surface area (Å²) in [5.74, 6) is 0.0669. The summed E-state index contributed by atoms with van der Waals surface area (Å²) in [5, 5.41) is 21.9. The van der Waals surface area contributed by atoms with E-state index in [1.165, 1.54) is 0 Å².